The van der Waals surface area contributed by atoms with E-state index in [9.17, 15) is 9.90 Å². The number of rotatable bonds is 4. The molecular weight excluding hydrogens is 707 g/mol. The van der Waals surface area contributed by atoms with Crippen molar-refractivity contribution in [2.45, 2.75) is 85.5 Å². The monoisotopic (exact) mass is 753 g/mol. The maximum Gasteiger partial charge on any atom is 0.162 e. The fraction of sp³-hybridized carbons (Fsp3) is 0.436. The van der Waals surface area contributed by atoms with Gasteiger partial charge < -0.3 is 5.11 Å². The maximum atomic E-state index is 12.2. The summed E-state index contributed by atoms with van der Waals surface area (Å²) >= 11 is 0. The minimum absolute atomic E-state index is 0. The first-order valence-corrected chi connectivity index (χ1v) is 15.7. The normalized spacial score (nSPS) is 23.1. The molecule has 0 aliphatic heterocycles. The number of allylic oxidation sites excluding steroid dienone is 2. The predicted octanol–water partition coefficient (Wildman–Crippen LogP) is 10.2. The van der Waals surface area contributed by atoms with Crippen molar-refractivity contribution in [2.75, 3.05) is 0 Å². The van der Waals surface area contributed by atoms with Gasteiger partial charge in [0.15, 0.2) is 5.78 Å². The summed E-state index contributed by atoms with van der Waals surface area (Å²) in [5.74, 6) is 2.48. The van der Waals surface area contributed by atoms with Crippen LogP contribution in [0.25, 0.3) is 32.9 Å². The number of ketones is 1. The average Bonchev–Trinajstić information content (AvgIpc) is 3.42. The number of fused-ring (bicyclic) bond motifs is 1. The molecule has 0 saturated heterocycles. The van der Waals surface area contributed by atoms with Crippen molar-refractivity contribution in [3.63, 3.8) is 0 Å². The second-order valence-corrected chi connectivity index (χ2v) is 12.8. The Hall–Kier alpha value is -2.81. The Morgan fingerprint density at radius 1 is 0.837 bits per heavy atom. The van der Waals surface area contributed by atoms with Crippen LogP contribution in [-0.4, -0.2) is 15.9 Å². The van der Waals surface area contributed by atoms with E-state index in [1.807, 2.05) is 6.07 Å². The van der Waals surface area contributed by atoms with E-state index in [1.54, 1.807) is 6.08 Å². The van der Waals surface area contributed by atoms with Gasteiger partial charge in [-0.1, -0.05) is 94.8 Å². The zero-order valence-electron chi connectivity index (χ0n) is 24.9. The van der Waals surface area contributed by atoms with Crippen LogP contribution >= 0.6 is 0 Å². The second kappa shape index (κ2) is 14.8. The molecule has 1 heterocycles. The zero-order chi connectivity index (χ0) is 28.3. The molecule has 2 saturated carbocycles. The van der Waals surface area contributed by atoms with Crippen LogP contribution in [0, 0.1) is 29.7 Å². The number of pyridine rings is 1. The Morgan fingerprint density at radius 2 is 1.49 bits per heavy atom. The number of carbonyl (C=O) groups is 1. The number of nitrogens with zero attached hydrogens (tertiary/aromatic N) is 1. The van der Waals surface area contributed by atoms with Crippen LogP contribution in [0.1, 0.15) is 83.8 Å². The first-order chi connectivity index (χ1) is 20.0. The molecule has 1 aromatic heterocycles. The third-order valence-corrected chi connectivity index (χ3v) is 9.78. The second-order valence-electron chi connectivity index (χ2n) is 12.8. The molecule has 3 nitrogen and oxygen atoms in total. The van der Waals surface area contributed by atoms with Crippen LogP contribution in [0.15, 0.2) is 72.5 Å². The Balaban J connectivity index is 0.000000191. The van der Waals surface area contributed by atoms with Crippen molar-refractivity contribution in [2.24, 2.45) is 23.7 Å². The number of carbonyl (C=O) groups excluding carboxylic acids is 1. The summed E-state index contributed by atoms with van der Waals surface area (Å²) in [6.07, 6.45) is 12.6. The van der Waals surface area contributed by atoms with E-state index >= 15 is 0 Å². The third kappa shape index (κ3) is 7.47. The number of hydrogen-bond donors (Lipinski definition) is 1. The Kier molecular flexibility index (Phi) is 11.4. The molecule has 1 radical (unpaired) electrons. The molecule has 0 bridgehead atoms. The zero-order valence-corrected chi connectivity index (χ0v) is 27.3. The molecule has 0 amide bonds. The van der Waals surface area contributed by atoms with E-state index in [0.29, 0.717) is 5.76 Å². The molecule has 0 atom stereocenters. The molecular formula is C39H46IrNO2-. The van der Waals surface area contributed by atoms with Gasteiger partial charge >= 0.3 is 0 Å². The third-order valence-electron chi connectivity index (χ3n) is 9.78. The van der Waals surface area contributed by atoms with Gasteiger partial charge in [-0.05, 0) is 73.2 Å². The summed E-state index contributed by atoms with van der Waals surface area (Å²) in [6, 6.07) is 24.7. The van der Waals surface area contributed by atoms with Crippen LogP contribution in [0.4, 0.5) is 0 Å². The number of hydrogen-bond acceptors (Lipinski definition) is 3. The summed E-state index contributed by atoms with van der Waals surface area (Å²) in [4.78, 5) is 17.1. The topological polar surface area (TPSA) is 50.2 Å². The molecule has 7 rings (SSSR count). The summed E-state index contributed by atoms with van der Waals surface area (Å²) in [5.41, 5.74) is 6.13. The van der Waals surface area contributed by atoms with Crippen molar-refractivity contribution in [3.05, 3.63) is 89.7 Å². The molecule has 1 N–H and O–H groups in total. The first kappa shape index (κ1) is 33.1. The smallest absolute Gasteiger partial charge is 0.162 e. The van der Waals surface area contributed by atoms with Gasteiger partial charge in [-0.3, -0.25) is 9.78 Å². The van der Waals surface area contributed by atoms with Crippen molar-refractivity contribution < 1.29 is 30.0 Å². The summed E-state index contributed by atoms with van der Waals surface area (Å²) in [5, 5.41) is 14.0. The predicted molar refractivity (Wildman–Crippen MR) is 176 cm³/mol. The molecule has 0 spiro atoms. The number of aliphatic hydroxyl groups excluding tert-OH is 1. The maximum absolute atomic E-state index is 12.2. The van der Waals surface area contributed by atoms with Crippen LogP contribution in [-0.2, 0) is 37.7 Å². The summed E-state index contributed by atoms with van der Waals surface area (Å²) in [6.45, 7) is 4.53. The van der Waals surface area contributed by atoms with E-state index in [2.05, 4.69) is 74.5 Å². The molecule has 0 unspecified atom stereocenters. The van der Waals surface area contributed by atoms with Crippen molar-refractivity contribution in [1.82, 2.24) is 4.98 Å². The molecule has 3 aromatic carbocycles. The number of aromatic nitrogens is 1. The fourth-order valence-electron chi connectivity index (χ4n) is 7.11. The largest absolute Gasteiger partial charge is 0.512 e. The minimum atomic E-state index is 0. The van der Waals surface area contributed by atoms with Crippen LogP contribution in [0.3, 0.4) is 0 Å². The quantitative estimate of drug-likeness (QED) is 0.128. The van der Waals surface area contributed by atoms with E-state index in [1.165, 1.54) is 40.1 Å². The van der Waals surface area contributed by atoms with E-state index < -0.39 is 0 Å². The van der Waals surface area contributed by atoms with Gasteiger partial charge in [0.1, 0.15) is 0 Å². The van der Waals surface area contributed by atoms with E-state index in [4.69, 9.17) is 4.98 Å². The van der Waals surface area contributed by atoms with Crippen LogP contribution < -0.4 is 0 Å². The van der Waals surface area contributed by atoms with Gasteiger partial charge in [0.05, 0.1) is 11.3 Å². The summed E-state index contributed by atoms with van der Waals surface area (Å²) in [7, 11) is 0. The molecule has 3 aliphatic rings. The Morgan fingerprint density at radius 3 is 2.21 bits per heavy atom. The van der Waals surface area contributed by atoms with Gasteiger partial charge in [0.2, 0.25) is 0 Å². The van der Waals surface area contributed by atoms with Gasteiger partial charge in [0, 0.05) is 43.4 Å². The van der Waals surface area contributed by atoms with E-state index in [0.717, 1.165) is 80.0 Å². The fourth-order valence-corrected chi connectivity index (χ4v) is 7.11. The number of aliphatic hydroxyl groups is 1. The molecule has 3 aliphatic carbocycles. The number of aryl methyl sites for hydroxylation is 2. The standard InChI is InChI=1S/C21H14N.C17H28O2.CH4.Ir/c1-2-8-17-14(5-1)6-3-9-18(17)20-13-16-12-11-15-7-4-10-19(22-20)21(15)16;1-12-3-7-14(8-4-12)16(18)11-17(19)15-9-5-13(2)6-10-15;;/h1-8,10,13H,11-12H2;11-15,18H,3-10H2,1-2H3;1H4;/q-1;;;. The molecule has 43 heavy (non-hydrogen) atoms. The first-order valence-electron chi connectivity index (χ1n) is 15.7. The molecule has 4 aromatic rings. The Labute approximate surface area is 271 Å². The van der Waals surface area contributed by atoms with Crippen molar-refractivity contribution >= 4 is 27.5 Å². The van der Waals surface area contributed by atoms with Crippen LogP contribution in [0.5, 0.6) is 0 Å². The molecule has 2 fully saturated rings. The van der Waals surface area contributed by atoms with Gasteiger partial charge in [-0.15, -0.1) is 29.1 Å². The van der Waals surface area contributed by atoms with E-state index in [-0.39, 0.29) is 45.2 Å². The van der Waals surface area contributed by atoms with Crippen LogP contribution in [0.2, 0.25) is 0 Å². The van der Waals surface area contributed by atoms with Gasteiger partial charge in [-0.2, -0.15) is 0 Å². The van der Waals surface area contributed by atoms with Crippen molar-refractivity contribution in [3.8, 4) is 11.3 Å². The molecule has 229 valence electrons. The SMILES string of the molecule is C.CC1CCC(C(=O)C=C(O)C2CCC(C)CC2)CC1.[Ir].[c-]1ccc2ccccc2c1-c1cc2c3c(cccc3n1)CC2. The van der Waals surface area contributed by atoms with Gasteiger partial charge in [0.25, 0.3) is 0 Å². The Bertz CT molecular complexity index is 1570. The minimum Gasteiger partial charge on any atom is -0.512 e. The summed E-state index contributed by atoms with van der Waals surface area (Å²) < 4.78 is 0. The number of benzene rings is 3. The van der Waals surface area contributed by atoms with Gasteiger partial charge in [-0.25, -0.2) is 0 Å². The average molecular weight is 753 g/mol. The molecule has 4 heteroatoms. The van der Waals surface area contributed by atoms with Crippen molar-refractivity contribution in [1.29, 1.82) is 0 Å².